The average Bonchev–Trinajstić information content (AvgIpc) is 3.07. The molecule has 0 aromatic heterocycles. The molecule has 7 nitrogen and oxygen atoms in total. The molecule has 3 rings (SSSR count). The minimum absolute atomic E-state index is 0.0391. The molecular weight excluding hydrogens is 344 g/mol. The Kier molecular flexibility index (Phi) is 5.19. The lowest BCUT2D eigenvalue weighted by Gasteiger charge is -2.37. The lowest BCUT2D eigenvalue weighted by molar-refractivity contribution is -0.130. The van der Waals surface area contributed by atoms with E-state index < -0.39 is 10.0 Å². The van der Waals surface area contributed by atoms with Crippen LogP contribution in [0.4, 0.5) is 0 Å². The van der Waals surface area contributed by atoms with Crippen LogP contribution in [0.5, 0.6) is 11.5 Å². The molecule has 0 N–H and O–H groups in total. The molecule has 1 aromatic carbocycles. The Morgan fingerprint density at radius 2 is 1.92 bits per heavy atom. The van der Waals surface area contributed by atoms with Gasteiger partial charge in [0.05, 0.1) is 14.2 Å². The SMILES string of the molecule is COc1ccc(S(=O)(=O)N2CCCC(N3CCCC3=O)C2)c(OC)c1. The number of piperidine rings is 1. The number of benzene rings is 1. The Bertz CT molecular complexity index is 749. The average molecular weight is 368 g/mol. The summed E-state index contributed by atoms with van der Waals surface area (Å²) in [4.78, 5) is 14.0. The summed E-state index contributed by atoms with van der Waals surface area (Å²) in [5.74, 6) is 0.931. The van der Waals surface area contributed by atoms with E-state index in [1.54, 1.807) is 12.1 Å². The molecule has 1 amide bonds. The van der Waals surface area contributed by atoms with Crippen molar-refractivity contribution in [3.8, 4) is 11.5 Å². The number of carbonyl (C=O) groups excluding carboxylic acids is 1. The second-order valence-electron chi connectivity index (χ2n) is 6.37. The summed E-state index contributed by atoms with van der Waals surface area (Å²) in [5.41, 5.74) is 0. The van der Waals surface area contributed by atoms with E-state index in [-0.39, 0.29) is 22.6 Å². The second-order valence-corrected chi connectivity index (χ2v) is 8.27. The van der Waals surface area contributed by atoms with E-state index in [1.807, 2.05) is 4.90 Å². The second kappa shape index (κ2) is 7.21. The van der Waals surface area contributed by atoms with Crippen LogP contribution in [-0.4, -0.2) is 63.4 Å². The summed E-state index contributed by atoms with van der Waals surface area (Å²) in [6.07, 6.45) is 3.01. The molecule has 8 heteroatoms. The fourth-order valence-electron chi connectivity index (χ4n) is 3.58. The van der Waals surface area contributed by atoms with Gasteiger partial charge in [-0.05, 0) is 31.4 Å². The Balaban J connectivity index is 1.85. The maximum atomic E-state index is 13.1. The minimum Gasteiger partial charge on any atom is -0.497 e. The van der Waals surface area contributed by atoms with Gasteiger partial charge in [0, 0.05) is 38.2 Å². The maximum Gasteiger partial charge on any atom is 0.246 e. The fraction of sp³-hybridized carbons (Fsp3) is 0.588. The normalized spacial score (nSPS) is 22.2. The molecule has 2 aliphatic heterocycles. The third kappa shape index (κ3) is 3.46. The van der Waals surface area contributed by atoms with Crippen molar-refractivity contribution in [1.29, 1.82) is 0 Å². The van der Waals surface area contributed by atoms with Crippen molar-refractivity contribution in [2.24, 2.45) is 0 Å². The highest BCUT2D eigenvalue weighted by Gasteiger charge is 2.37. The zero-order valence-corrected chi connectivity index (χ0v) is 15.4. The van der Waals surface area contributed by atoms with Crippen LogP contribution in [0.25, 0.3) is 0 Å². The largest absolute Gasteiger partial charge is 0.497 e. The number of amides is 1. The van der Waals surface area contributed by atoms with Crippen LogP contribution in [0.1, 0.15) is 25.7 Å². The molecule has 1 atom stereocenters. The van der Waals surface area contributed by atoms with E-state index in [2.05, 4.69) is 0 Å². The van der Waals surface area contributed by atoms with Crippen LogP contribution < -0.4 is 9.47 Å². The van der Waals surface area contributed by atoms with Gasteiger partial charge in [0.1, 0.15) is 16.4 Å². The lowest BCUT2D eigenvalue weighted by atomic mass is 10.1. The molecule has 0 radical (unpaired) electrons. The quantitative estimate of drug-likeness (QED) is 0.787. The topological polar surface area (TPSA) is 76.2 Å². The van der Waals surface area contributed by atoms with Gasteiger partial charge >= 0.3 is 0 Å². The highest BCUT2D eigenvalue weighted by atomic mass is 32.2. The molecule has 0 aliphatic carbocycles. The summed E-state index contributed by atoms with van der Waals surface area (Å²) in [7, 11) is -0.736. The van der Waals surface area contributed by atoms with Gasteiger partial charge in [-0.15, -0.1) is 0 Å². The van der Waals surface area contributed by atoms with E-state index in [4.69, 9.17) is 9.47 Å². The minimum atomic E-state index is -3.69. The van der Waals surface area contributed by atoms with Gasteiger partial charge < -0.3 is 14.4 Å². The first kappa shape index (κ1) is 18.0. The lowest BCUT2D eigenvalue weighted by Crippen LogP contribution is -2.50. The van der Waals surface area contributed by atoms with Crippen molar-refractivity contribution in [2.75, 3.05) is 33.9 Å². The molecule has 0 bridgehead atoms. The van der Waals surface area contributed by atoms with Crippen LogP contribution >= 0.6 is 0 Å². The number of hydrogen-bond donors (Lipinski definition) is 0. The van der Waals surface area contributed by atoms with Crippen molar-refractivity contribution in [3.05, 3.63) is 18.2 Å². The molecular formula is C17H24N2O5S. The number of rotatable bonds is 5. The molecule has 0 saturated carbocycles. The van der Waals surface area contributed by atoms with E-state index in [0.717, 1.165) is 25.8 Å². The highest BCUT2D eigenvalue weighted by Crippen LogP contribution is 2.32. The maximum absolute atomic E-state index is 13.1. The third-order valence-corrected chi connectivity index (χ3v) is 6.80. The van der Waals surface area contributed by atoms with E-state index in [9.17, 15) is 13.2 Å². The summed E-state index contributed by atoms with van der Waals surface area (Å²) in [6.45, 7) is 1.52. The number of sulfonamides is 1. The zero-order valence-electron chi connectivity index (χ0n) is 14.6. The number of likely N-dealkylation sites (tertiary alicyclic amines) is 1. The van der Waals surface area contributed by atoms with Crippen molar-refractivity contribution in [3.63, 3.8) is 0 Å². The third-order valence-electron chi connectivity index (χ3n) is 4.90. The van der Waals surface area contributed by atoms with Crippen molar-refractivity contribution in [1.82, 2.24) is 9.21 Å². The molecule has 2 aliphatic rings. The Morgan fingerprint density at radius 1 is 1.12 bits per heavy atom. The van der Waals surface area contributed by atoms with Crippen molar-refractivity contribution >= 4 is 15.9 Å². The molecule has 1 unspecified atom stereocenters. The number of hydrogen-bond acceptors (Lipinski definition) is 5. The first-order valence-electron chi connectivity index (χ1n) is 8.49. The molecule has 138 valence electrons. The Labute approximate surface area is 148 Å². The fourth-order valence-corrected chi connectivity index (χ4v) is 5.23. The highest BCUT2D eigenvalue weighted by molar-refractivity contribution is 7.89. The van der Waals surface area contributed by atoms with Gasteiger partial charge in [0.2, 0.25) is 15.9 Å². The summed E-state index contributed by atoms with van der Waals surface area (Å²) in [6, 6.07) is 4.65. The molecule has 2 heterocycles. The number of carbonyl (C=O) groups is 1. The predicted molar refractivity (Wildman–Crippen MR) is 92.3 cm³/mol. The number of ether oxygens (including phenoxy) is 2. The smallest absolute Gasteiger partial charge is 0.246 e. The number of nitrogens with zero attached hydrogens (tertiary/aromatic N) is 2. The molecule has 1 aromatic rings. The summed E-state index contributed by atoms with van der Waals surface area (Å²) >= 11 is 0. The van der Waals surface area contributed by atoms with E-state index in [1.165, 1.54) is 24.6 Å². The Morgan fingerprint density at radius 3 is 2.56 bits per heavy atom. The molecule has 2 fully saturated rings. The van der Waals surface area contributed by atoms with Crippen LogP contribution in [0, 0.1) is 0 Å². The van der Waals surface area contributed by atoms with Gasteiger partial charge in [-0.1, -0.05) is 0 Å². The van der Waals surface area contributed by atoms with Crippen molar-refractivity contribution in [2.45, 2.75) is 36.6 Å². The summed E-state index contributed by atoms with van der Waals surface area (Å²) in [5, 5.41) is 0. The van der Waals surface area contributed by atoms with Crippen LogP contribution in [0.15, 0.2) is 23.1 Å². The molecule has 2 saturated heterocycles. The first-order valence-corrected chi connectivity index (χ1v) is 9.93. The standard InChI is InChI=1S/C17H24N2O5S/c1-23-14-7-8-16(15(11-14)24-2)25(21,22)18-9-3-5-13(12-18)19-10-4-6-17(19)20/h7-8,11,13H,3-6,9-10,12H2,1-2H3. The summed E-state index contributed by atoms with van der Waals surface area (Å²) < 4.78 is 38.1. The zero-order chi connectivity index (χ0) is 18.0. The Hall–Kier alpha value is -1.80. The van der Waals surface area contributed by atoms with Gasteiger partial charge in [0.15, 0.2) is 0 Å². The van der Waals surface area contributed by atoms with Gasteiger partial charge in [0.25, 0.3) is 0 Å². The van der Waals surface area contributed by atoms with Crippen LogP contribution in [0.2, 0.25) is 0 Å². The van der Waals surface area contributed by atoms with E-state index in [0.29, 0.717) is 25.3 Å². The van der Waals surface area contributed by atoms with Gasteiger partial charge in [-0.25, -0.2) is 8.42 Å². The molecule has 0 spiro atoms. The monoisotopic (exact) mass is 368 g/mol. The molecule has 25 heavy (non-hydrogen) atoms. The first-order chi connectivity index (χ1) is 12.0. The van der Waals surface area contributed by atoms with Gasteiger partial charge in [-0.3, -0.25) is 4.79 Å². The van der Waals surface area contributed by atoms with E-state index >= 15 is 0 Å². The number of methoxy groups -OCH3 is 2. The van der Waals surface area contributed by atoms with Gasteiger partial charge in [-0.2, -0.15) is 4.31 Å². The van der Waals surface area contributed by atoms with Crippen LogP contribution in [-0.2, 0) is 14.8 Å². The predicted octanol–water partition coefficient (Wildman–Crippen LogP) is 1.48. The van der Waals surface area contributed by atoms with Crippen LogP contribution in [0.3, 0.4) is 0 Å². The van der Waals surface area contributed by atoms with Crippen molar-refractivity contribution < 1.29 is 22.7 Å².